The fourth-order valence-electron chi connectivity index (χ4n) is 1.17. The summed E-state index contributed by atoms with van der Waals surface area (Å²) in [4.78, 5) is 13.2. The Kier molecular flexibility index (Phi) is 4.96. The maximum Gasteiger partial charge on any atom is 0.238 e. The number of nitrogens with one attached hydrogen (secondary N) is 1. The van der Waals surface area contributed by atoms with Gasteiger partial charge in [-0.1, -0.05) is 12.1 Å². The molecule has 1 amide bonds. The van der Waals surface area contributed by atoms with E-state index in [1.807, 2.05) is 30.3 Å². The zero-order valence-corrected chi connectivity index (χ0v) is 10.5. The molecule has 0 atom stereocenters. The van der Waals surface area contributed by atoms with E-state index in [4.69, 9.17) is 5.26 Å². The van der Waals surface area contributed by atoms with Crippen LogP contribution in [0.3, 0.4) is 0 Å². The van der Waals surface area contributed by atoms with Crippen LogP contribution in [0.4, 0.5) is 5.69 Å². The number of likely N-dealkylation sites (N-methyl/N-ethyl adjacent to an activating group) is 1. The average molecular weight is 282 g/mol. The molecule has 0 unspecified atom stereocenters. The lowest BCUT2D eigenvalue weighted by Crippen LogP contribution is -2.30. The van der Waals surface area contributed by atoms with Crippen molar-refractivity contribution in [2.75, 3.05) is 25.5 Å². The minimum atomic E-state index is -0.135. The van der Waals surface area contributed by atoms with Gasteiger partial charge >= 0.3 is 0 Å². The van der Waals surface area contributed by atoms with Crippen molar-refractivity contribution in [2.24, 2.45) is 0 Å². The Balaban J connectivity index is 2.53. The summed E-state index contributed by atoms with van der Waals surface area (Å²) in [6.07, 6.45) is 0. The highest BCUT2D eigenvalue weighted by molar-refractivity contribution is 9.10. The summed E-state index contributed by atoms with van der Waals surface area (Å²) in [5, 5.41) is 11.2. The van der Waals surface area contributed by atoms with Gasteiger partial charge in [0.1, 0.15) is 0 Å². The molecule has 0 aliphatic carbocycles. The van der Waals surface area contributed by atoms with Crippen LogP contribution >= 0.6 is 15.9 Å². The lowest BCUT2D eigenvalue weighted by atomic mass is 10.3. The first-order chi connectivity index (χ1) is 7.63. The predicted octanol–water partition coefficient (Wildman–Crippen LogP) is 1.84. The average Bonchev–Trinajstić information content (AvgIpc) is 2.21. The quantitative estimate of drug-likeness (QED) is 0.857. The minimum Gasteiger partial charge on any atom is -0.324 e. The zero-order valence-electron chi connectivity index (χ0n) is 8.90. The normalized spacial score (nSPS) is 9.88. The van der Waals surface area contributed by atoms with Crippen molar-refractivity contribution >= 4 is 27.5 Å². The SMILES string of the molecule is CN(CC#N)CC(=O)Nc1ccccc1Br. The molecule has 0 bridgehead atoms. The molecule has 1 aromatic rings. The van der Waals surface area contributed by atoms with Crippen molar-refractivity contribution in [1.82, 2.24) is 4.90 Å². The van der Waals surface area contributed by atoms with Crippen molar-refractivity contribution < 1.29 is 4.79 Å². The zero-order chi connectivity index (χ0) is 12.0. The Labute approximate surface area is 103 Å². The fourth-order valence-corrected chi connectivity index (χ4v) is 1.56. The standard InChI is InChI=1S/C11H12BrN3O/c1-15(7-6-13)8-11(16)14-10-5-3-2-4-9(10)12/h2-5H,7-8H2,1H3,(H,14,16). The molecule has 16 heavy (non-hydrogen) atoms. The first-order valence-electron chi connectivity index (χ1n) is 4.73. The number of carbonyl (C=O) groups is 1. The molecule has 0 heterocycles. The summed E-state index contributed by atoms with van der Waals surface area (Å²) in [7, 11) is 1.73. The third-order valence-corrected chi connectivity index (χ3v) is 2.59. The molecule has 0 aromatic heterocycles. The van der Waals surface area contributed by atoms with Gasteiger partial charge in [0.25, 0.3) is 0 Å². The molecule has 0 saturated carbocycles. The van der Waals surface area contributed by atoms with E-state index in [9.17, 15) is 4.79 Å². The summed E-state index contributed by atoms with van der Waals surface area (Å²) >= 11 is 3.34. The van der Waals surface area contributed by atoms with Crippen molar-refractivity contribution in [2.45, 2.75) is 0 Å². The number of halogens is 1. The van der Waals surface area contributed by atoms with Gasteiger partial charge in [-0.25, -0.2) is 0 Å². The van der Waals surface area contributed by atoms with Crippen LogP contribution in [0.1, 0.15) is 0 Å². The molecule has 84 valence electrons. The second kappa shape index (κ2) is 6.26. The number of nitrogens with zero attached hydrogens (tertiary/aromatic N) is 2. The number of hydrogen-bond donors (Lipinski definition) is 1. The Morgan fingerprint density at radius 2 is 2.25 bits per heavy atom. The molecular formula is C11H12BrN3O. The summed E-state index contributed by atoms with van der Waals surface area (Å²) < 4.78 is 0.839. The number of carbonyl (C=O) groups excluding carboxylic acids is 1. The first kappa shape index (κ1) is 12.7. The van der Waals surface area contributed by atoms with Gasteiger partial charge < -0.3 is 5.32 Å². The number of rotatable bonds is 4. The van der Waals surface area contributed by atoms with Gasteiger partial charge in [0.15, 0.2) is 0 Å². The first-order valence-corrected chi connectivity index (χ1v) is 5.52. The van der Waals surface area contributed by atoms with Crippen molar-refractivity contribution in [3.05, 3.63) is 28.7 Å². The largest absolute Gasteiger partial charge is 0.324 e. The summed E-state index contributed by atoms with van der Waals surface area (Å²) in [6.45, 7) is 0.443. The number of benzene rings is 1. The van der Waals surface area contributed by atoms with Gasteiger partial charge in [0, 0.05) is 4.47 Å². The maximum atomic E-state index is 11.6. The topological polar surface area (TPSA) is 56.1 Å². The smallest absolute Gasteiger partial charge is 0.238 e. The Morgan fingerprint density at radius 3 is 2.88 bits per heavy atom. The van der Waals surface area contributed by atoms with Gasteiger partial charge in [-0.15, -0.1) is 0 Å². The monoisotopic (exact) mass is 281 g/mol. The second-order valence-corrected chi connectivity index (χ2v) is 4.21. The van der Waals surface area contributed by atoms with Crippen LogP contribution < -0.4 is 5.32 Å². The molecule has 0 saturated heterocycles. The van der Waals surface area contributed by atoms with E-state index in [1.165, 1.54) is 0 Å². The maximum absolute atomic E-state index is 11.6. The molecule has 0 spiro atoms. The third kappa shape index (κ3) is 4.01. The highest BCUT2D eigenvalue weighted by atomic mass is 79.9. The fraction of sp³-hybridized carbons (Fsp3) is 0.273. The number of nitriles is 1. The number of anilines is 1. The van der Waals surface area contributed by atoms with Crippen molar-refractivity contribution in [3.63, 3.8) is 0 Å². The van der Waals surface area contributed by atoms with E-state index in [0.29, 0.717) is 0 Å². The van der Waals surface area contributed by atoms with Crippen LogP contribution in [0.2, 0.25) is 0 Å². The molecule has 1 N–H and O–H groups in total. The van der Waals surface area contributed by atoms with Gasteiger partial charge in [0.05, 0.1) is 24.8 Å². The predicted molar refractivity (Wildman–Crippen MR) is 65.9 cm³/mol. The van der Waals surface area contributed by atoms with Gasteiger partial charge in [-0.3, -0.25) is 9.69 Å². The van der Waals surface area contributed by atoms with Gasteiger partial charge in [-0.2, -0.15) is 5.26 Å². The van der Waals surface area contributed by atoms with Crippen molar-refractivity contribution in [3.8, 4) is 6.07 Å². The molecule has 0 radical (unpaired) electrons. The van der Waals surface area contributed by atoms with Crippen LogP contribution in [0.5, 0.6) is 0 Å². The number of hydrogen-bond acceptors (Lipinski definition) is 3. The highest BCUT2D eigenvalue weighted by Crippen LogP contribution is 2.20. The number of amides is 1. The second-order valence-electron chi connectivity index (χ2n) is 3.36. The van der Waals surface area contributed by atoms with E-state index in [-0.39, 0.29) is 19.0 Å². The van der Waals surface area contributed by atoms with Gasteiger partial charge in [0.2, 0.25) is 5.91 Å². The molecule has 4 nitrogen and oxygen atoms in total. The lowest BCUT2D eigenvalue weighted by Gasteiger charge is -2.12. The molecule has 0 aliphatic rings. The van der Waals surface area contributed by atoms with E-state index >= 15 is 0 Å². The van der Waals surface area contributed by atoms with Crippen LogP contribution in [-0.2, 0) is 4.79 Å². The summed E-state index contributed by atoms with van der Waals surface area (Å²) in [6, 6.07) is 9.38. The van der Waals surface area contributed by atoms with Crippen molar-refractivity contribution in [1.29, 1.82) is 5.26 Å². The highest BCUT2D eigenvalue weighted by Gasteiger charge is 2.07. The Hall–Kier alpha value is -1.38. The van der Waals surface area contributed by atoms with Crippen LogP contribution in [0, 0.1) is 11.3 Å². The molecule has 0 aliphatic heterocycles. The van der Waals surface area contributed by atoms with Gasteiger partial charge in [-0.05, 0) is 35.1 Å². The summed E-state index contributed by atoms with van der Waals surface area (Å²) in [5.74, 6) is -0.135. The molecule has 1 aromatic carbocycles. The third-order valence-electron chi connectivity index (χ3n) is 1.90. The van der Waals surface area contributed by atoms with Crippen LogP contribution in [0.25, 0.3) is 0 Å². The van der Waals surface area contributed by atoms with Crippen LogP contribution in [-0.4, -0.2) is 30.9 Å². The molecule has 1 rings (SSSR count). The number of para-hydroxylation sites is 1. The van der Waals surface area contributed by atoms with E-state index in [2.05, 4.69) is 21.2 Å². The van der Waals surface area contributed by atoms with E-state index in [1.54, 1.807) is 11.9 Å². The lowest BCUT2D eigenvalue weighted by molar-refractivity contribution is -0.116. The molecule has 5 heteroatoms. The Bertz CT molecular complexity index is 414. The van der Waals surface area contributed by atoms with E-state index in [0.717, 1.165) is 10.2 Å². The Morgan fingerprint density at radius 1 is 1.56 bits per heavy atom. The minimum absolute atomic E-state index is 0.135. The molecule has 0 fully saturated rings. The summed E-state index contributed by atoms with van der Waals surface area (Å²) in [5.41, 5.74) is 0.734. The molecular weight excluding hydrogens is 270 g/mol. The van der Waals surface area contributed by atoms with E-state index < -0.39 is 0 Å². The van der Waals surface area contributed by atoms with Crippen LogP contribution in [0.15, 0.2) is 28.7 Å².